The summed E-state index contributed by atoms with van der Waals surface area (Å²) in [6.07, 6.45) is 0. The Bertz CT molecular complexity index is 329. The van der Waals surface area contributed by atoms with Crippen molar-refractivity contribution in [2.75, 3.05) is 20.8 Å². The number of ether oxygens (including phenoxy) is 3. The predicted molar refractivity (Wildman–Crippen MR) is 54.2 cm³/mol. The number of methoxy groups -OCH3 is 2. The molecule has 1 aromatic rings. The highest BCUT2D eigenvalue weighted by Crippen LogP contribution is 2.27. The SMILES string of the molecule is COc1cc(OC)cc(OCC(N)=O)c1. The summed E-state index contributed by atoms with van der Waals surface area (Å²) in [6.45, 7) is -0.170. The molecule has 0 aliphatic rings. The van der Waals surface area contributed by atoms with Crippen molar-refractivity contribution in [1.82, 2.24) is 0 Å². The smallest absolute Gasteiger partial charge is 0.255 e. The molecule has 1 aromatic carbocycles. The third kappa shape index (κ3) is 3.38. The summed E-state index contributed by atoms with van der Waals surface area (Å²) in [7, 11) is 3.07. The van der Waals surface area contributed by atoms with Crippen molar-refractivity contribution in [2.45, 2.75) is 0 Å². The van der Waals surface area contributed by atoms with E-state index in [0.29, 0.717) is 17.2 Å². The fourth-order valence-corrected chi connectivity index (χ4v) is 1.02. The van der Waals surface area contributed by atoms with Crippen LogP contribution < -0.4 is 19.9 Å². The molecule has 0 aliphatic heterocycles. The van der Waals surface area contributed by atoms with Gasteiger partial charge in [0.15, 0.2) is 6.61 Å². The van der Waals surface area contributed by atoms with E-state index in [2.05, 4.69) is 0 Å². The van der Waals surface area contributed by atoms with Gasteiger partial charge in [0.25, 0.3) is 5.91 Å². The van der Waals surface area contributed by atoms with E-state index in [1.165, 1.54) is 14.2 Å². The number of hydrogen-bond acceptors (Lipinski definition) is 4. The van der Waals surface area contributed by atoms with Crippen LogP contribution in [0.4, 0.5) is 0 Å². The molecule has 0 aliphatic carbocycles. The van der Waals surface area contributed by atoms with E-state index < -0.39 is 5.91 Å². The summed E-state index contributed by atoms with van der Waals surface area (Å²) < 4.78 is 15.2. The van der Waals surface area contributed by atoms with Gasteiger partial charge in [-0.05, 0) is 0 Å². The highest BCUT2D eigenvalue weighted by atomic mass is 16.5. The Hall–Kier alpha value is -1.91. The van der Waals surface area contributed by atoms with Crippen LogP contribution >= 0.6 is 0 Å². The molecule has 0 saturated heterocycles. The molecule has 2 N–H and O–H groups in total. The van der Waals surface area contributed by atoms with Gasteiger partial charge >= 0.3 is 0 Å². The molecule has 82 valence electrons. The average Bonchev–Trinajstić information content (AvgIpc) is 2.25. The first-order valence-corrected chi connectivity index (χ1v) is 4.30. The zero-order valence-electron chi connectivity index (χ0n) is 8.65. The summed E-state index contributed by atoms with van der Waals surface area (Å²) in [5, 5.41) is 0. The fourth-order valence-electron chi connectivity index (χ4n) is 1.02. The van der Waals surface area contributed by atoms with Crippen molar-refractivity contribution in [3.05, 3.63) is 18.2 Å². The van der Waals surface area contributed by atoms with Crippen LogP contribution in [-0.4, -0.2) is 26.7 Å². The first-order chi connectivity index (χ1) is 7.15. The first-order valence-electron chi connectivity index (χ1n) is 4.30. The zero-order valence-corrected chi connectivity index (χ0v) is 8.65. The normalized spacial score (nSPS) is 9.47. The fraction of sp³-hybridized carbons (Fsp3) is 0.300. The number of nitrogens with two attached hydrogens (primary N) is 1. The molecule has 5 heteroatoms. The Balaban J connectivity index is 2.81. The van der Waals surface area contributed by atoms with Crippen LogP contribution in [0.25, 0.3) is 0 Å². The van der Waals surface area contributed by atoms with E-state index in [9.17, 15) is 4.79 Å². The van der Waals surface area contributed by atoms with E-state index in [1.807, 2.05) is 0 Å². The van der Waals surface area contributed by atoms with Crippen LogP contribution in [0.3, 0.4) is 0 Å². The van der Waals surface area contributed by atoms with E-state index in [4.69, 9.17) is 19.9 Å². The maximum Gasteiger partial charge on any atom is 0.255 e. The van der Waals surface area contributed by atoms with Gasteiger partial charge in [-0.3, -0.25) is 4.79 Å². The highest BCUT2D eigenvalue weighted by Gasteiger charge is 2.03. The minimum atomic E-state index is -0.531. The highest BCUT2D eigenvalue weighted by molar-refractivity contribution is 5.75. The lowest BCUT2D eigenvalue weighted by Crippen LogP contribution is -2.20. The van der Waals surface area contributed by atoms with Crippen molar-refractivity contribution in [1.29, 1.82) is 0 Å². The second kappa shape index (κ2) is 5.09. The summed E-state index contributed by atoms with van der Waals surface area (Å²) in [6, 6.07) is 4.99. The summed E-state index contributed by atoms with van der Waals surface area (Å²) >= 11 is 0. The molecule has 0 radical (unpaired) electrons. The number of amides is 1. The molecule has 1 rings (SSSR count). The van der Waals surface area contributed by atoms with Crippen LogP contribution in [0.1, 0.15) is 0 Å². The molecule has 0 aromatic heterocycles. The van der Waals surface area contributed by atoms with Gasteiger partial charge in [0.05, 0.1) is 14.2 Å². The number of rotatable bonds is 5. The van der Waals surface area contributed by atoms with E-state index in [-0.39, 0.29) is 6.61 Å². The summed E-state index contributed by atoms with van der Waals surface area (Å²) in [4.78, 5) is 10.5. The lowest BCUT2D eigenvalue weighted by Gasteiger charge is -2.08. The number of carbonyl (C=O) groups is 1. The third-order valence-corrected chi connectivity index (χ3v) is 1.71. The van der Waals surface area contributed by atoms with Crippen molar-refractivity contribution < 1.29 is 19.0 Å². The van der Waals surface area contributed by atoms with Crippen molar-refractivity contribution in [3.63, 3.8) is 0 Å². The molecular formula is C10H13NO4. The second-order valence-corrected chi connectivity index (χ2v) is 2.80. The first kappa shape index (κ1) is 11.2. The van der Waals surface area contributed by atoms with E-state index in [1.54, 1.807) is 18.2 Å². The molecule has 0 spiro atoms. The number of benzene rings is 1. The molecule has 5 nitrogen and oxygen atoms in total. The van der Waals surface area contributed by atoms with Gasteiger partial charge in [-0.15, -0.1) is 0 Å². The van der Waals surface area contributed by atoms with Crippen LogP contribution in [0.5, 0.6) is 17.2 Å². The molecule has 0 atom stereocenters. The topological polar surface area (TPSA) is 70.8 Å². The van der Waals surface area contributed by atoms with Crippen LogP contribution in [-0.2, 0) is 4.79 Å². The van der Waals surface area contributed by atoms with Gasteiger partial charge in [0.1, 0.15) is 17.2 Å². The monoisotopic (exact) mass is 211 g/mol. The molecule has 15 heavy (non-hydrogen) atoms. The molecule has 1 amide bonds. The zero-order chi connectivity index (χ0) is 11.3. The second-order valence-electron chi connectivity index (χ2n) is 2.80. The third-order valence-electron chi connectivity index (χ3n) is 1.71. The standard InChI is InChI=1S/C10H13NO4/c1-13-7-3-8(14-2)5-9(4-7)15-6-10(11)12/h3-5H,6H2,1-2H3,(H2,11,12). The summed E-state index contributed by atoms with van der Waals surface area (Å²) in [5.41, 5.74) is 4.95. The molecule has 0 bridgehead atoms. The van der Waals surface area contributed by atoms with Crippen LogP contribution in [0, 0.1) is 0 Å². The molecule has 0 heterocycles. The average molecular weight is 211 g/mol. The maximum atomic E-state index is 10.5. The number of primary amides is 1. The van der Waals surface area contributed by atoms with Crippen LogP contribution in [0.2, 0.25) is 0 Å². The van der Waals surface area contributed by atoms with Gasteiger partial charge in [-0.1, -0.05) is 0 Å². The molecular weight excluding hydrogens is 198 g/mol. The Morgan fingerprint density at radius 3 is 2.00 bits per heavy atom. The van der Waals surface area contributed by atoms with Crippen molar-refractivity contribution >= 4 is 5.91 Å². The van der Waals surface area contributed by atoms with Gasteiger partial charge in [0.2, 0.25) is 0 Å². The van der Waals surface area contributed by atoms with E-state index >= 15 is 0 Å². The number of hydrogen-bond donors (Lipinski definition) is 1. The Morgan fingerprint density at radius 2 is 1.60 bits per heavy atom. The summed E-state index contributed by atoms with van der Waals surface area (Å²) in [5.74, 6) is 1.13. The molecule has 0 unspecified atom stereocenters. The van der Waals surface area contributed by atoms with Gasteiger partial charge in [-0.25, -0.2) is 0 Å². The Kier molecular flexibility index (Phi) is 3.79. The minimum Gasteiger partial charge on any atom is -0.496 e. The maximum absolute atomic E-state index is 10.5. The lowest BCUT2D eigenvalue weighted by atomic mass is 10.3. The molecule has 0 fully saturated rings. The van der Waals surface area contributed by atoms with Gasteiger partial charge in [0, 0.05) is 18.2 Å². The Morgan fingerprint density at radius 1 is 1.13 bits per heavy atom. The number of carbonyl (C=O) groups excluding carboxylic acids is 1. The largest absolute Gasteiger partial charge is 0.496 e. The van der Waals surface area contributed by atoms with Gasteiger partial charge in [-0.2, -0.15) is 0 Å². The van der Waals surface area contributed by atoms with Crippen molar-refractivity contribution in [2.24, 2.45) is 5.73 Å². The minimum absolute atomic E-state index is 0.170. The quantitative estimate of drug-likeness (QED) is 0.772. The van der Waals surface area contributed by atoms with Gasteiger partial charge < -0.3 is 19.9 Å². The van der Waals surface area contributed by atoms with Crippen LogP contribution in [0.15, 0.2) is 18.2 Å². The van der Waals surface area contributed by atoms with Crippen molar-refractivity contribution in [3.8, 4) is 17.2 Å². The molecule has 0 saturated carbocycles. The lowest BCUT2D eigenvalue weighted by molar-refractivity contribution is -0.119. The predicted octanol–water partition coefficient (Wildman–Crippen LogP) is 0.568. The Labute approximate surface area is 87.7 Å². The van der Waals surface area contributed by atoms with E-state index in [0.717, 1.165) is 0 Å².